The third kappa shape index (κ3) is 5.57. The highest BCUT2D eigenvalue weighted by atomic mass is 16.2. The van der Waals surface area contributed by atoms with Crippen molar-refractivity contribution >= 4 is 0 Å². The molecule has 0 radical (unpaired) electrons. The van der Waals surface area contributed by atoms with E-state index in [2.05, 4.69) is 13.5 Å². The molecular formula is C8H16O. The summed E-state index contributed by atoms with van der Waals surface area (Å²) in [7, 11) is 0. The van der Waals surface area contributed by atoms with Gasteiger partial charge in [0.2, 0.25) is 0 Å². The van der Waals surface area contributed by atoms with Crippen molar-refractivity contribution in [2.24, 2.45) is 5.92 Å². The van der Waals surface area contributed by atoms with E-state index in [4.69, 9.17) is 5.11 Å². The maximum absolute atomic E-state index is 8.52. The van der Waals surface area contributed by atoms with Crippen molar-refractivity contribution in [2.75, 3.05) is 6.61 Å². The number of aliphatic hydroxyl groups is 1. The van der Waals surface area contributed by atoms with Gasteiger partial charge in [-0.2, -0.15) is 0 Å². The minimum atomic E-state index is 0.300. The quantitative estimate of drug-likeness (QED) is 0.574. The fourth-order valence-electron chi connectivity index (χ4n) is 0.917. The molecule has 1 atom stereocenters. The number of aliphatic hydroxyl groups excluding tert-OH is 1. The molecule has 0 fully saturated rings. The third-order valence-electron chi connectivity index (χ3n) is 1.32. The van der Waals surface area contributed by atoms with Crippen LogP contribution in [0.5, 0.6) is 0 Å². The summed E-state index contributed by atoms with van der Waals surface area (Å²) >= 11 is 0. The molecule has 1 N–H and O–H groups in total. The Morgan fingerprint density at radius 2 is 2.22 bits per heavy atom. The van der Waals surface area contributed by atoms with Crippen LogP contribution in [0, 0.1) is 5.92 Å². The fourth-order valence-corrected chi connectivity index (χ4v) is 0.917. The molecule has 0 amide bonds. The minimum Gasteiger partial charge on any atom is -0.396 e. The highest BCUT2D eigenvalue weighted by Gasteiger charge is 1.99. The Hall–Kier alpha value is -0.300. The van der Waals surface area contributed by atoms with Gasteiger partial charge in [-0.25, -0.2) is 0 Å². The van der Waals surface area contributed by atoms with Crippen LogP contribution >= 0.6 is 0 Å². The molecule has 0 heterocycles. The Morgan fingerprint density at radius 1 is 1.67 bits per heavy atom. The average Bonchev–Trinajstić information content (AvgIpc) is 1.63. The van der Waals surface area contributed by atoms with E-state index in [1.54, 1.807) is 0 Å². The van der Waals surface area contributed by atoms with Gasteiger partial charge in [0.15, 0.2) is 0 Å². The molecule has 0 bridgehead atoms. The second-order valence-corrected chi connectivity index (χ2v) is 2.78. The lowest BCUT2D eigenvalue weighted by molar-refractivity contribution is 0.262. The topological polar surface area (TPSA) is 20.2 Å². The summed E-state index contributed by atoms with van der Waals surface area (Å²) in [5.74, 6) is 0.590. The predicted octanol–water partition coefficient (Wildman–Crippen LogP) is 1.97. The molecule has 9 heavy (non-hydrogen) atoms. The molecule has 0 aromatic rings. The monoisotopic (exact) mass is 128 g/mol. The summed E-state index contributed by atoms with van der Waals surface area (Å²) in [4.78, 5) is 0. The van der Waals surface area contributed by atoms with E-state index < -0.39 is 0 Å². The van der Waals surface area contributed by atoms with Crippen molar-refractivity contribution in [3.8, 4) is 0 Å². The zero-order chi connectivity index (χ0) is 7.28. The second-order valence-electron chi connectivity index (χ2n) is 2.78. The molecule has 1 nitrogen and oxygen atoms in total. The Kier molecular flexibility index (Phi) is 4.41. The van der Waals surface area contributed by atoms with E-state index in [0.717, 1.165) is 12.8 Å². The van der Waals surface area contributed by atoms with Gasteiger partial charge in [0.25, 0.3) is 0 Å². The molecule has 1 heteroatoms. The van der Waals surface area contributed by atoms with E-state index in [1.165, 1.54) is 5.57 Å². The van der Waals surface area contributed by atoms with Gasteiger partial charge in [-0.3, -0.25) is 0 Å². The first-order valence-corrected chi connectivity index (χ1v) is 3.42. The van der Waals surface area contributed by atoms with E-state index in [9.17, 15) is 0 Å². The van der Waals surface area contributed by atoms with Gasteiger partial charge in [-0.05, 0) is 25.7 Å². The van der Waals surface area contributed by atoms with Crippen molar-refractivity contribution in [1.82, 2.24) is 0 Å². The van der Waals surface area contributed by atoms with Gasteiger partial charge in [-0.15, -0.1) is 6.58 Å². The second kappa shape index (κ2) is 4.57. The normalized spacial score (nSPS) is 13.2. The van der Waals surface area contributed by atoms with Gasteiger partial charge in [-0.1, -0.05) is 12.5 Å². The highest BCUT2D eigenvalue weighted by molar-refractivity contribution is 4.89. The van der Waals surface area contributed by atoms with Crippen LogP contribution in [0.1, 0.15) is 26.7 Å². The van der Waals surface area contributed by atoms with Crippen LogP contribution in [-0.4, -0.2) is 11.7 Å². The molecule has 0 spiro atoms. The Morgan fingerprint density at radius 3 is 2.56 bits per heavy atom. The zero-order valence-electron chi connectivity index (χ0n) is 6.35. The lowest BCUT2D eigenvalue weighted by Gasteiger charge is -2.07. The summed E-state index contributed by atoms with van der Waals surface area (Å²) in [5, 5.41) is 8.52. The summed E-state index contributed by atoms with van der Waals surface area (Å²) in [5.41, 5.74) is 1.20. The fraction of sp³-hybridized carbons (Fsp3) is 0.750. The molecule has 0 unspecified atom stereocenters. The molecule has 0 aliphatic rings. The predicted molar refractivity (Wildman–Crippen MR) is 40.3 cm³/mol. The Labute approximate surface area is 57.4 Å². The molecule has 0 aliphatic heterocycles. The lowest BCUT2D eigenvalue weighted by Crippen LogP contribution is -1.97. The minimum absolute atomic E-state index is 0.300. The summed E-state index contributed by atoms with van der Waals surface area (Å²) in [6.07, 6.45) is 1.94. The van der Waals surface area contributed by atoms with Gasteiger partial charge < -0.3 is 5.11 Å². The smallest absolute Gasteiger partial charge is 0.0433 e. The van der Waals surface area contributed by atoms with Gasteiger partial charge in [0.1, 0.15) is 0 Å². The van der Waals surface area contributed by atoms with E-state index in [1.807, 2.05) is 6.92 Å². The van der Waals surface area contributed by atoms with E-state index in [-0.39, 0.29) is 0 Å². The number of allylic oxidation sites excluding steroid dienone is 1. The molecule has 0 rings (SSSR count). The molecule has 0 saturated heterocycles. The lowest BCUT2D eigenvalue weighted by atomic mass is 10.0. The van der Waals surface area contributed by atoms with Crippen LogP contribution in [0.15, 0.2) is 12.2 Å². The Balaban J connectivity index is 3.26. The van der Waals surface area contributed by atoms with Gasteiger partial charge in [0.05, 0.1) is 0 Å². The van der Waals surface area contributed by atoms with Crippen LogP contribution in [0.25, 0.3) is 0 Å². The number of hydrogen-bond donors (Lipinski definition) is 1. The average molecular weight is 128 g/mol. The third-order valence-corrected chi connectivity index (χ3v) is 1.32. The van der Waals surface area contributed by atoms with Crippen molar-refractivity contribution in [3.05, 3.63) is 12.2 Å². The SMILES string of the molecule is C=C(C)C[C@@H](C)CCO. The van der Waals surface area contributed by atoms with E-state index >= 15 is 0 Å². The summed E-state index contributed by atoms with van der Waals surface area (Å²) in [6, 6.07) is 0. The first kappa shape index (κ1) is 8.70. The van der Waals surface area contributed by atoms with Gasteiger partial charge in [0, 0.05) is 6.61 Å². The van der Waals surface area contributed by atoms with Crippen molar-refractivity contribution in [1.29, 1.82) is 0 Å². The van der Waals surface area contributed by atoms with Crippen molar-refractivity contribution in [2.45, 2.75) is 26.7 Å². The van der Waals surface area contributed by atoms with Gasteiger partial charge >= 0.3 is 0 Å². The number of hydrogen-bond acceptors (Lipinski definition) is 1. The van der Waals surface area contributed by atoms with Crippen LogP contribution in [0.3, 0.4) is 0 Å². The number of rotatable bonds is 4. The molecule has 0 aromatic heterocycles. The molecule has 0 aromatic carbocycles. The van der Waals surface area contributed by atoms with Crippen LogP contribution < -0.4 is 0 Å². The Bertz CT molecular complexity index is 86.6. The zero-order valence-corrected chi connectivity index (χ0v) is 6.35. The van der Waals surface area contributed by atoms with Crippen molar-refractivity contribution < 1.29 is 5.11 Å². The first-order valence-electron chi connectivity index (χ1n) is 3.42. The molecular weight excluding hydrogens is 112 g/mol. The standard InChI is InChI=1S/C8H16O/c1-7(2)6-8(3)4-5-9/h8-9H,1,4-6H2,2-3H3/t8-/m0/s1. The molecule has 54 valence electrons. The van der Waals surface area contributed by atoms with E-state index in [0.29, 0.717) is 12.5 Å². The summed E-state index contributed by atoms with van der Waals surface area (Å²) < 4.78 is 0. The maximum Gasteiger partial charge on any atom is 0.0433 e. The molecule has 0 saturated carbocycles. The largest absolute Gasteiger partial charge is 0.396 e. The highest BCUT2D eigenvalue weighted by Crippen LogP contribution is 2.11. The van der Waals surface area contributed by atoms with Crippen LogP contribution in [-0.2, 0) is 0 Å². The first-order chi connectivity index (χ1) is 4.16. The molecule has 0 aliphatic carbocycles. The summed E-state index contributed by atoms with van der Waals surface area (Å²) in [6.45, 7) is 8.25. The van der Waals surface area contributed by atoms with Crippen molar-refractivity contribution in [3.63, 3.8) is 0 Å². The maximum atomic E-state index is 8.52. The van der Waals surface area contributed by atoms with Crippen LogP contribution in [0.2, 0.25) is 0 Å². The van der Waals surface area contributed by atoms with Crippen LogP contribution in [0.4, 0.5) is 0 Å².